The third-order valence-corrected chi connectivity index (χ3v) is 5.71. The third kappa shape index (κ3) is 4.93. The second-order valence-electron chi connectivity index (χ2n) is 7.93. The number of ether oxygens (including phenoxy) is 1. The van der Waals surface area contributed by atoms with Crippen LogP contribution in [0.5, 0.6) is 5.75 Å². The lowest BCUT2D eigenvalue weighted by atomic mass is 10.1. The van der Waals surface area contributed by atoms with Gasteiger partial charge in [-0.15, -0.1) is 0 Å². The highest BCUT2D eigenvalue weighted by Gasteiger charge is 2.25. The van der Waals surface area contributed by atoms with Crippen LogP contribution in [0.1, 0.15) is 42.5 Å². The SMILES string of the molecule is O=C(COc1ccccc1)Nc1ccc(N2CCCC2)c(C(=O)N2CCCCC2)c1. The molecule has 0 radical (unpaired) electrons. The highest BCUT2D eigenvalue weighted by molar-refractivity contribution is 6.02. The van der Waals surface area contributed by atoms with Crippen molar-refractivity contribution in [3.8, 4) is 5.75 Å². The number of nitrogens with zero attached hydrogens (tertiary/aromatic N) is 2. The van der Waals surface area contributed by atoms with E-state index < -0.39 is 0 Å². The average Bonchev–Trinajstić information content (AvgIpc) is 3.33. The Kier molecular flexibility index (Phi) is 6.52. The Morgan fingerprint density at radius 3 is 2.30 bits per heavy atom. The molecule has 6 heteroatoms. The summed E-state index contributed by atoms with van der Waals surface area (Å²) in [5.74, 6) is 0.468. The lowest BCUT2D eigenvalue weighted by Crippen LogP contribution is -2.36. The van der Waals surface area contributed by atoms with E-state index in [-0.39, 0.29) is 18.4 Å². The van der Waals surface area contributed by atoms with Crippen LogP contribution in [-0.2, 0) is 4.79 Å². The van der Waals surface area contributed by atoms with Crippen molar-refractivity contribution >= 4 is 23.2 Å². The second-order valence-corrected chi connectivity index (χ2v) is 7.93. The van der Waals surface area contributed by atoms with Gasteiger partial charge < -0.3 is 19.9 Å². The number of nitrogens with one attached hydrogen (secondary N) is 1. The first-order valence-corrected chi connectivity index (χ1v) is 10.9. The molecular weight excluding hydrogens is 378 g/mol. The molecular formula is C24H29N3O3. The van der Waals surface area contributed by atoms with Gasteiger partial charge in [-0.2, -0.15) is 0 Å². The van der Waals surface area contributed by atoms with E-state index in [2.05, 4.69) is 10.2 Å². The maximum absolute atomic E-state index is 13.3. The molecule has 4 rings (SSSR count). The normalized spacial score (nSPS) is 16.4. The number of para-hydroxylation sites is 1. The smallest absolute Gasteiger partial charge is 0.262 e. The summed E-state index contributed by atoms with van der Waals surface area (Å²) in [5.41, 5.74) is 2.28. The van der Waals surface area contributed by atoms with Gasteiger partial charge in [0.05, 0.1) is 5.56 Å². The molecule has 0 unspecified atom stereocenters. The van der Waals surface area contributed by atoms with E-state index in [1.165, 1.54) is 6.42 Å². The number of rotatable bonds is 6. The Hall–Kier alpha value is -3.02. The number of hydrogen-bond donors (Lipinski definition) is 1. The molecule has 2 saturated heterocycles. The molecule has 0 aliphatic carbocycles. The fraction of sp³-hybridized carbons (Fsp3) is 0.417. The first-order chi connectivity index (χ1) is 14.7. The standard InChI is InChI=1S/C24H29N3O3/c28-23(18-30-20-9-3-1-4-10-20)25-19-11-12-22(26-13-7-8-14-26)21(17-19)24(29)27-15-5-2-6-16-27/h1,3-4,9-12,17H,2,5-8,13-16,18H2,(H,25,28). The topological polar surface area (TPSA) is 61.9 Å². The number of hydrogen-bond acceptors (Lipinski definition) is 4. The van der Waals surface area contributed by atoms with E-state index in [4.69, 9.17) is 4.74 Å². The van der Waals surface area contributed by atoms with Crippen molar-refractivity contribution in [2.75, 3.05) is 43.0 Å². The van der Waals surface area contributed by atoms with Gasteiger partial charge in [0.2, 0.25) is 0 Å². The van der Waals surface area contributed by atoms with Crippen molar-refractivity contribution < 1.29 is 14.3 Å². The summed E-state index contributed by atoms with van der Waals surface area (Å²) in [7, 11) is 0. The largest absolute Gasteiger partial charge is 0.484 e. The lowest BCUT2D eigenvalue weighted by molar-refractivity contribution is -0.118. The van der Waals surface area contributed by atoms with E-state index in [0.29, 0.717) is 17.0 Å². The van der Waals surface area contributed by atoms with E-state index in [9.17, 15) is 9.59 Å². The van der Waals surface area contributed by atoms with E-state index in [0.717, 1.165) is 57.5 Å². The molecule has 2 heterocycles. The summed E-state index contributed by atoms with van der Waals surface area (Å²) in [6.07, 6.45) is 5.58. The van der Waals surface area contributed by atoms with Crippen LogP contribution in [0.25, 0.3) is 0 Å². The van der Waals surface area contributed by atoms with Crippen LogP contribution in [0.4, 0.5) is 11.4 Å². The summed E-state index contributed by atoms with van der Waals surface area (Å²) >= 11 is 0. The quantitative estimate of drug-likeness (QED) is 0.788. The highest BCUT2D eigenvalue weighted by Crippen LogP contribution is 2.29. The summed E-state index contributed by atoms with van der Waals surface area (Å²) in [5, 5.41) is 2.87. The highest BCUT2D eigenvalue weighted by atomic mass is 16.5. The van der Waals surface area contributed by atoms with Gasteiger partial charge in [0, 0.05) is 37.6 Å². The summed E-state index contributed by atoms with van der Waals surface area (Å²) in [4.78, 5) is 29.9. The Morgan fingerprint density at radius 1 is 0.867 bits per heavy atom. The third-order valence-electron chi connectivity index (χ3n) is 5.71. The molecule has 0 bridgehead atoms. The van der Waals surface area contributed by atoms with Gasteiger partial charge in [-0.05, 0) is 62.4 Å². The molecule has 1 N–H and O–H groups in total. The first-order valence-electron chi connectivity index (χ1n) is 10.9. The van der Waals surface area contributed by atoms with Crippen LogP contribution in [-0.4, -0.2) is 49.5 Å². The predicted octanol–water partition coefficient (Wildman–Crippen LogP) is 3.93. The van der Waals surface area contributed by atoms with Crippen LogP contribution in [0.3, 0.4) is 0 Å². The molecule has 2 amide bonds. The predicted molar refractivity (Wildman–Crippen MR) is 118 cm³/mol. The van der Waals surface area contributed by atoms with Crippen LogP contribution >= 0.6 is 0 Å². The van der Waals surface area contributed by atoms with Crippen LogP contribution in [0.15, 0.2) is 48.5 Å². The molecule has 2 aliphatic rings. The van der Waals surface area contributed by atoms with Crippen LogP contribution < -0.4 is 15.0 Å². The van der Waals surface area contributed by atoms with Crippen LogP contribution in [0.2, 0.25) is 0 Å². The fourth-order valence-electron chi connectivity index (χ4n) is 4.15. The van der Waals surface area contributed by atoms with Crippen molar-refractivity contribution in [3.63, 3.8) is 0 Å². The summed E-state index contributed by atoms with van der Waals surface area (Å²) in [6, 6.07) is 14.9. The fourth-order valence-corrected chi connectivity index (χ4v) is 4.15. The maximum atomic E-state index is 13.3. The average molecular weight is 408 g/mol. The van der Waals surface area contributed by atoms with Gasteiger partial charge in [0.1, 0.15) is 5.75 Å². The molecule has 30 heavy (non-hydrogen) atoms. The van der Waals surface area contributed by atoms with Crippen molar-refractivity contribution in [1.82, 2.24) is 4.90 Å². The second kappa shape index (κ2) is 9.65. The molecule has 0 atom stereocenters. The van der Waals surface area contributed by atoms with E-state index in [1.54, 1.807) is 0 Å². The maximum Gasteiger partial charge on any atom is 0.262 e. The van der Waals surface area contributed by atoms with Gasteiger partial charge in [0.25, 0.3) is 11.8 Å². The van der Waals surface area contributed by atoms with Crippen molar-refractivity contribution in [1.29, 1.82) is 0 Å². The number of anilines is 2. The minimum absolute atomic E-state index is 0.0632. The lowest BCUT2D eigenvalue weighted by Gasteiger charge is -2.29. The molecule has 2 aliphatic heterocycles. The van der Waals surface area contributed by atoms with Crippen LogP contribution in [0, 0.1) is 0 Å². The number of piperidine rings is 1. The van der Waals surface area contributed by atoms with Crippen molar-refractivity contribution in [3.05, 3.63) is 54.1 Å². The number of amides is 2. The van der Waals surface area contributed by atoms with Gasteiger partial charge in [-0.3, -0.25) is 9.59 Å². The Labute approximate surface area is 177 Å². The monoisotopic (exact) mass is 407 g/mol. The zero-order chi connectivity index (χ0) is 20.8. The Morgan fingerprint density at radius 2 is 1.57 bits per heavy atom. The zero-order valence-electron chi connectivity index (χ0n) is 17.3. The molecule has 0 saturated carbocycles. The molecule has 2 aromatic rings. The minimum atomic E-state index is -0.246. The zero-order valence-corrected chi connectivity index (χ0v) is 17.3. The summed E-state index contributed by atoms with van der Waals surface area (Å²) in [6.45, 7) is 3.47. The Bertz CT molecular complexity index is 873. The van der Waals surface area contributed by atoms with Crippen molar-refractivity contribution in [2.45, 2.75) is 32.1 Å². The van der Waals surface area contributed by atoms with Gasteiger partial charge >= 0.3 is 0 Å². The van der Waals surface area contributed by atoms with Crippen molar-refractivity contribution in [2.24, 2.45) is 0 Å². The molecule has 0 aromatic heterocycles. The van der Waals surface area contributed by atoms with E-state index in [1.807, 2.05) is 53.4 Å². The number of carbonyl (C=O) groups is 2. The van der Waals surface area contributed by atoms with E-state index >= 15 is 0 Å². The number of carbonyl (C=O) groups excluding carboxylic acids is 2. The number of benzene rings is 2. The number of likely N-dealkylation sites (tertiary alicyclic amines) is 1. The molecule has 6 nitrogen and oxygen atoms in total. The molecule has 158 valence electrons. The van der Waals surface area contributed by atoms with Gasteiger partial charge in [-0.1, -0.05) is 18.2 Å². The molecule has 2 aromatic carbocycles. The van der Waals surface area contributed by atoms with Gasteiger partial charge in [0.15, 0.2) is 6.61 Å². The molecule has 0 spiro atoms. The summed E-state index contributed by atoms with van der Waals surface area (Å²) < 4.78 is 5.52. The first kappa shape index (κ1) is 20.3. The molecule has 2 fully saturated rings. The minimum Gasteiger partial charge on any atom is -0.484 e. The Balaban J connectivity index is 1.49. The van der Waals surface area contributed by atoms with Gasteiger partial charge in [-0.25, -0.2) is 0 Å².